The first-order chi connectivity index (χ1) is 9.08. The molecule has 1 aromatic heterocycles. The zero-order chi connectivity index (χ0) is 13.8. The van der Waals surface area contributed by atoms with E-state index in [1.807, 2.05) is 24.3 Å². The van der Waals surface area contributed by atoms with Crippen molar-refractivity contribution in [3.8, 4) is 0 Å². The fourth-order valence-corrected chi connectivity index (χ4v) is 2.24. The molecule has 1 aromatic carbocycles. The Balaban J connectivity index is 2.14. The van der Waals surface area contributed by atoms with Gasteiger partial charge in [0.2, 0.25) is 0 Å². The molecule has 0 atom stereocenters. The van der Waals surface area contributed by atoms with Crippen molar-refractivity contribution in [2.24, 2.45) is 0 Å². The van der Waals surface area contributed by atoms with Crippen molar-refractivity contribution in [1.29, 1.82) is 0 Å². The van der Waals surface area contributed by atoms with E-state index in [-0.39, 0.29) is 5.91 Å². The smallest absolute Gasteiger partial charge is 0.272 e. The number of benzene rings is 1. The molecular formula is C14H12BrClN2O. The molecule has 98 valence electrons. The van der Waals surface area contributed by atoms with Gasteiger partial charge in [-0.1, -0.05) is 45.7 Å². The second-order valence-corrected chi connectivity index (χ2v) is 5.40. The topological polar surface area (TPSA) is 33.2 Å². The molecule has 1 amide bonds. The second-order valence-electron chi connectivity index (χ2n) is 4.11. The molecule has 1 heterocycles. The van der Waals surface area contributed by atoms with Gasteiger partial charge in [-0.2, -0.15) is 0 Å². The Morgan fingerprint density at radius 3 is 2.79 bits per heavy atom. The van der Waals surface area contributed by atoms with Crippen LogP contribution in [0.3, 0.4) is 0 Å². The molecule has 0 saturated heterocycles. The number of halogens is 2. The third kappa shape index (κ3) is 3.55. The Morgan fingerprint density at radius 1 is 1.37 bits per heavy atom. The van der Waals surface area contributed by atoms with E-state index in [0.29, 0.717) is 17.3 Å². The summed E-state index contributed by atoms with van der Waals surface area (Å²) in [5.41, 5.74) is 1.39. The molecule has 0 saturated carbocycles. The van der Waals surface area contributed by atoms with Crippen LogP contribution >= 0.6 is 27.5 Å². The molecule has 5 heteroatoms. The maximum atomic E-state index is 12.2. The highest BCUT2D eigenvalue weighted by Gasteiger charge is 2.14. The molecule has 0 aliphatic heterocycles. The average Bonchev–Trinajstić information content (AvgIpc) is 2.40. The number of hydrogen-bond acceptors (Lipinski definition) is 2. The molecule has 19 heavy (non-hydrogen) atoms. The summed E-state index contributed by atoms with van der Waals surface area (Å²) in [6.07, 6.45) is 1.53. The molecule has 0 N–H and O–H groups in total. The van der Waals surface area contributed by atoms with Crippen LogP contribution in [0.5, 0.6) is 0 Å². The van der Waals surface area contributed by atoms with E-state index in [1.165, 1.54) is 6.20 Å². The molecule has 0 spiro atoms. The number of rotatable bonds is 3. The molecule has 0 aliphatic rings. The number of pyridine rings is 1. The Bertz CT molecular complexity index is 604. The van der Waals surface area contributed by atoms with Gasteiger partial charge in [0.15, 0.2) is 0 Å². The van der Waals surface area contributed by atoms with Gasteiger partial charge >= 0.3 is 0 Å². The van der Waals surface area contributed by atoms with Gasteiger partial charge in [0.05, 0.1) is 0 Å². The maximum Gasteiger partial charge on any atom is 0.272 e. The van der Waals surface area contributed by atoms with Crippen molar-refractivity contribution in [1.82, 2.24) is 9.88 Å². The van der Waals surface area contributed by atoms with Crippen LogP contribution in [-0.4, -0.2) is 22.8 Å². The van der Waals surface area contributed by atoms with Crippen molar-refractivity contribution < 1.29 is 4.79 Å². The Kier molecular flexibility index (Phi) is 4.56. The van der Waals surface area contributed by atoms with E-state index >= 15 is 0 Å². The summed E-state index contributed by atoms with van der Waals surface area (Å²) in [6, 6.07) is 11.0. The number of amides is 1. The third-order valence-electron chi connectivity index (χ3n) is 2.65. The average molecular weight is 340 g/mol. The molecular weight excluding hydrogens is 328 g/mol. The first kappa shape index (κ1) is 14.0. The molecule has 0 bridgehead atoms. The van der Waals surface area contributed by atoms with Crippen LogP contribution in [0.4, 0.5) is 0 Å². The maximum absolute atomic E-state index is 12.2. The minimum absolute atomic E-state index is 0.154. The lowest BCUT2D eigenvalue weighted by Crippen LogP contribution is -2.27. The number of nitrogens with zero attached hydrogens (tertiary/aromatic N) is 2. The van der Waals surface area contributed by atoms with Crippen molar-refractivity contribution in [2.75, 3.05) is 7.05 Å². The van der Waals surface area contributed by atoms with E-state index in [9.17, 15) is 4.79 Å². The molecule has 0 aliphatic carbocycles. The third-order valence-corrected chi connectivity index (χ3v) is 3.66. The first-order valence-corrected chi connectivity index (χ1v) is 6.85. The van der Waals surface area contributed by atoms with Crippen LogP contribution in [-0.2, 0) is 6.54 Å². The Hall–Kier alpha value is -1.39. The lowest BCUT2D eigenvalue weighted by molar-refractivity contribution is 0.0779. The molecule has 2 aromatic rings. The highest BCUT2D eigenvalue weighted by Crippen LogP contribution is 2.18. The zero-order valence-corrected chi connectivity index (χ0v) is 12.6. The predicted molar refractivity (Wildman–Crippen MR) is 79.2 cm³/mol. The Morgan fingerprint density at radius 2 is 2.11 bits per heavy atom. The van der Waals surface area contributed by atoms with Gasteiger partial charge in [0, 0.05) is 29.3 Å². The lowest BCUT2D eigenvalue weighted by atomic mass is 10.2. The fraction of sp³-hybridized carbons (Fsp3) is 0.143. The van der Waals surface area contributed by atoms with Gasteiger partial charge in [0.1, 0.15) is 5.69 Å². The van der Waals surface area contributed by atoms with Crippen molar-refractivity contribution in [3.05, 3.63) is 63.3 Å². The SMILES string of the molecule is CN(Cc1ccccc1Br)C(=O)c1cc(Cl)ccn1. The summed E-state index contributed by atoms with van der Waals surface area (Å²) in [5, 5.41) is 0.507. The summed E-state index contributed by atoms with van der Waals surface area (Å²) in [4.78, 5) is 17.8. The highest BCUT2D eigenvalue weighted by molar-refractivity contribution is 9.10. The number of carbonyl (C=O) groups is 1. The van der Waals surface area contributed by atoms with Gasteiger partial charge in [-0.3, -0.25) is 9.78 Å². The minimum Gasteiger partial charge on any atom is -0.336 e. The quantitative estimate of drug-likeness (QED) is 0.853. The summed E-state index contributed by atoms with van der Waals surface area (Å²) in [5.74, 6) is -0.154. The summed E-state index contributed by atoms with van der Waals surface area (Å²) >= 11 is 9.33. The number of hydrogen-bond donors (Lipinski definition) is 0. The monoisotopic (exact) mass is 338 g/mol. The van der Waals surface area contributed by atoms with Crippen LogP contribution in [0.15, 0.2) is 47.1 Å². The second kappa shape index (κ2) is 6.17. The van der Waals surface area contributed by atoms with Gasteiger partial charge in [0.25, 0.3) is 5.91 Å². The Labute approximate surface area is 125 Å². The standard InChI is InChI=1S/C14H12BrClN2O/c1-18(9-10-4-2-3-5-12(10)15)14(19)13-8-11(16)6-7-17-13/h2-8H,9H2,1H3. The molecule has 2 rings (SSSR count). The van der Waals surface area contributed by atoms with Crippen molar-refractivity contribution in [3.63, 3.8) is 0 Å². The normalized spacial score (nSPS) is 10.3. The van der Waals surface area contributed by atoms with Gasteiger partial charge in [-0.15, -0.1) is 0 Å². The first-order valence-electron chi connectivity index (χ1n) is 5.68. The predicted octanol–water partition coefficient (Wildman–Crippen LogP) is 3.77. The largest absolute Gasteiger partial charge is 0.336 e. The van der Waals surface area contributed by atoms with E-state index in [1.54, 1.807) is 24.1 Å². The molecule has 0 unspecified atom stereocenters. The zero-order valence-electron chi connectivity index (χ0n) is 10.3. The molecule has 0 radical (unpaired) electrons. The van der Waals surface area contributed by atoms with E-state index in [0.717, 1.165) is 10.0 Å². The summed E-state index contributed by atoms with van der Waals surface area (Å²) in [7, 11) is 1.74. The van der Waals surface area contributed by atoms with Crippen molar-refractivity contribution >= 4 is 33.4 Å². The van der Waals surface area contributed by atoms with E-state index in [4.69, 9.17) is 11.6 Å². The summed E-state index contributed by atoms with van der Waals surface area (Å²) < 4.78 is 0.980. The van der Waals surface area contributed by atoms with Crippen LogP contribution in [0.2, 0.25) is 5.02 Å². The fourth-order valence-electron chi connectivity index (χ4n) is 1.67. The van der Waals surface area contributed by atoms with Gasteiger partial charge < -0.3 is 4.90 Å². The molecule has 0 fully saturated rings. The van der Waals surface area contributed by atoms with Crippen LogP contribution in [0, 0.1) is 0 Å². The molecule has 3 nitrogen and oxygen atoms in total. The number of carbonyl (C=O) groups excluding carboxylic acids is 1. The number of aromatic nitrogens is 1. The van der Waals surface area contributed by atoms with Crippen LogP contribution < -0.4 is 0 Å². The van der Waals surface area contributed by atoms with E-state index in [2.05, 4.69) is 20.9 Å². The minimum atomic E-state index is -0.154. The van der Waals surface area contributed by atoms with Crippen LogP contribution in [0.1, 0.15) is 16.1 Å². The highest BCUT2D eigenvalue weighted by atomic mass is 79.9. The lowest BCUT2D eigenvalue weighted by Gasteiger charge is -2.17. The summed E-state index contributed by atoms with van der Waals surface area (Å²) in [6.45, 7) is 0.508. The van der Waals surface area contributed by atoms with Crippen molar-refractivity contribution in [2.45, 2.75) is 6.54 Å². The van der Waals surface area contributed by atoms with Crippen LogP contribution in [0.25, 0.3) is 0 Å². The van der Waals surface area contributed by atoms with E-state index < -0.39 is 0 Å². The van der Waals surface area contributed by atoms with Gasteiger partial charge in [-0.25, -0.2) is 0 Å². The van der Waals surface area contributed by atoms with Gasteiger partial charge in [-0.05, 0) is 23.8 Å².